The van der Waals surface area contributed by atoms with Crippen LogP contribution in [-0.2, 0) is 4.74 Å². The first kappa shape index (κ1) is 16.7. The predicted octanol–water partition coefficient (Wildman–Crippen LogP) is 3.95. The van der Waals surface area contributed by atoms with Crippen LogP contribution in [-0.4, -0.2) is 36.3 Å². The van der Waals surface area contributed by atoms with Crippen LogP contribution in [0, 0.1) is 0 Å². The van der Waals surface area contributed by atoms with Gasteiger partial charge in [0.25, 0.3) is 0 Å². The van der Waals surface area contributed by atoms with Crippen LogP contribution >= 0.6 is 0 Å². The van der Waals surface area contributed by atoms with Crippen molar-refractivity contribution in [2.45, 2.75) is 38.1 Å². The molecule has 1 aliphatic rings. The van der Waals surface area contributed by atoms with Gasteiger partial charge in [0.05, 0.1) is 12.3 Å². The van der Waals surface area contributed by atoms with Crippen molar-refractivity contribution in [1.29, 1.82) is 0 Å². The SMILES string of the molecule is COCCNc1nc(NC2CCCCC2)cc(-c2ccccc2)n1. The van der Waals surface area contributed by atoms with Gasteiger partial charge in [0.15, 0.2) is 0 Å². The summed E-state index contributed by atoms with van der Waals surface area (Å²) in [7, 11) is 1.69. The minimum Gasteiger partial charge on any atom is -0.383 e. The quantitative estimate of drug-likeness (QED) is 0.755. The van der Waals surface area contributed by atoms with Gasteiger partial charge in [0.1, 0.15) is 5.82 Å². The van der Waals surface area contributed by atoms with E-state index in [9.17, 15) is 0 Å². The maximum atomic E-state index is 5.10. The van der Waals surface area contributed by atoms with E-state index < -0.39 is 0 Å². The molecule has 0 radical (unpaired) electrons. The van der Waals surface area contributed by atoms with Gasteiger partial charge in [-0.1, -0.05) is 49.6 Å². The number of ether oxygens (including phenoxy) is 1. The molecular weight excluding hydrogens is 300 g/mol. The molecule has 2 aromatic rings. The summed E-state index contributed by atoms with van der Waals surface area (Å²) in [5, 5.41) is 6.85. The van der Waals surface area contributed by atoms with Crippen LogP contribution in [0.4, 0.5) is 11.8 Å². The highest BCUT2D eigenvalue weighted by Gasteiger charge is 2.15. The van der Waals surface area contributed by atoms with Gasteiger partial charge in [-0.15, -0.1) is 0 Å². The molecule has 1 heterocycles. The Labute approximate surface area is 143 Å². The lowest BCUT2D eigenvalue weighted by molar-refractivity contribution is 0.210. The third-order valence-electron chi connectivity index (χ3n) is 4.34. The van der Waals surface area contributed by atoms with Crippen molar-refractivity contribution in [3.05, 3.63) is 36.4 Å². The van der Waals surface area contributed by atoms with Gasteiger partial charge in [-0.3, -0.25) is 0 Å². The van der Waals surface area contributed by atoms with Crippen molar-refractivity contribution >= 4 is 11.8 Å². The molecule has 1 aliphatic carbocycles. The summed E-state index contributed by atoms with van der Waals surface area (Å²) in [6.45, 7) is 1.32. The van der Waals surface area contributed by atoms with Crippen molar-refractivity contribution in [2.75, 3.05) is 30.9 Å². The molecular formula is C19H26N4O. The maximum Gasteiger partial charge on any atom is 0.225 e. The van der Waals surface area contributed by atoms with Gasteiger partial charge in [-0.25, -0.2) is 4.98 Å². The Morgan fingerprint density at radius 2 is 1.88 bits per heavy atom. The van der Waals surface area contributed by atoms with E-state index >= 15 is 0 Å². The summed E-state index contributed by atoms with van der Waals surface area (Å²) < 4.78 is 5.10. The Hall–Kier alpha value is -2.14. The molecule has 1 aromatic carbocycles. The fourth-order valence-corrected chi connectivity index (χ4v) is 3.08. The highest BCUT2D eigenvalue weighted by molar-refractivity contribution is 5.64. The molecule has 24 heavy (non-hydrogen) atoms. The molecule has 0 spiro atoms. The lowest BCUT2D eigenvalue weighted by Crippen LogP contribution is -2.23. The van der Waals surface area contributed by atoms with Crippen molar-refractivity contribution < 1.29 is 4.74 Å². The van der Waals surface area contributed by atoms with E-state index in [4.69, 9.17) is 4.74 Å². The molecule has 1 aromatic heterocycles. The number of hydrogen-bond donors (Lipinski definition) is 2. The van der Waals surface area contributed by atoms with E-state index in [0.29, 0.717) is 25.1 Å². The molecule has 0 aliphatic heterocycles. The Kier molecular flexibility index (Phi) is 6.01. The molecule has 128 valence electrons. The van der Waals surface area contributed by atoms with Crippen molar-refractivity contribution in [2.24, 2.45) is 0 Å². The Bertz CT molecular complexity index is 627. The third-order valence-corrected chi connectivity index (χ3v) is 4.34. The highest BCUT2D eigenvalue weighted by atomic mass is 16.5. The molecule has 0 saturated heterocycles. The van der Waals surface area contributed by atoms with Gasteiger partial charge in [-0.05, 0) is 12.8 Å². The molecule has 1 fully saturated rings. The van der Waals surface area contributed by atoms with Crippen LogP contribution in [0.1, 0.15) is 32.1 Å². The molecule has 2 N–H and O–H groups in total. The van der Waals surface area contributed by atoms with Crippen LogP contribution in [0.15, 0.2) is 36.4 Å². The Morgan fingerprint density at radius 1 is 1.08 bits per heavy atom. The van der Waals surface area contributed by atoms with Gasteiger partial charge < -0.3 is 15.4 Å². The second kappa shape index (κ2) is 8.64. The number of benzene rings is 1. The first-order valence-corrected chi connectivity index (χ1v) is 8.79. The molecule has 0 bridgehead atoms. The van der Waals surface area contributed by atoms with E-state index in [2.05, 4.69) is 32.7 Å². The number of anilines is 2. The first-order valence-electron chi connectivity index (χ1n) is 8.79. The van der Waals surface area contributed by atoms with Crippen LogP contribution in [0.5, 0.6) is 0 Å². The maximum absolute atomic E-state index is 5.10. The van der Waals surface area contributed by atoms with E-state index in [1.54, 1.807) is 7.11 Å². The average molecular weight is 326 g/mol. The standard InChI is InChI=1S/C19H26N4O/c1-24-13-12-20-19-22-17(15-8-4-2-5-9-15)14-18(23-19)21-16-10-6-3-7-11-16/h2,4-5,8-9,14,16H,3,6-7,10-13H2,1H3,(H2,20,21,22,23). The zero-order valence-electron chi connectivity index (χ0n) is 14.3. The second-order valence-corrected chi connectivity index (χ2v) is 6.23. The van der Waals surface area contributed by atoms with E-state index in [-0.39, 0.29) is 0 Å². The molecule has 0 atom stereocenters. The first-order chi connectivity index (χ1) is 11.8. The smallest absolute Gasteiger partial charge is 0.225 e. The summed E-state index contributed by atoms with van der Waals surface area (Å²) in [5.74, 6) is 1.54. The van der Waals surface area contributed by atoms with Gasteiger partial charge >= 0.3 is 0 Å². The number of hydrogen-bond acceptors (Lipinski definition) is 5. The largest absolute Gasteiger partial charge is 0.383 e. The highest BCUT2D eigenvalue weighted by Crippen LogP contribution is 2.25. The number of methoxy groups -OCH3 is 1. The van der Waals surface area contributed by atoms with Crippen molar-refractivity contribution in [3.8, 4) is 11.3 Å². The monoisotopic (exact) mass is 326 g/mol. The minimum atomic E-state index is 0.518. The average Bonchev–Trinajstić information content (AvgIpc) is 2.63. The summed E-state index contributed by atoms with van der Waals surface area (Å²) in [6, 6.07) is 12.8. The fourth-order valence-electron chi connectivity index (χ4n) is 3.08. The molecule has 3 rings (SSSR count). The Morgan fingerprint density at radius 3 is 2.62 bits per heavy atom. The fraction of sp³-hybridized carbons (Fsp3) is 0.474. The van der Waals surface area contributed by atoms with E-state index in [0.717, 1.165) is 17.1 Å². The van der Waals surface area contributed by atoms with Crippen LogP contribution in [0.2, 0.25) is 0 Å². The molecule has 1 saturated carbocycles. The zero-order chi connectivity index (χ0) is 16.6. The van der Waals surface area contributed by atoms with Crippen LogP contribution in [0.25, 0.3) is 11.3 Å². The molecule has 5 nitrogen and oxygen atoms in total. The topological polar surface area (TPSA) is 59.1 Å². The van der Waals surface area contributed by atoms with E-state index in [1.165, 1.54) is 32.1 Å². The zero-order valence-corrected chi connectivity index (χ0v) is 14.3. The second-order valence-electron chi connectivity index (χ2n) is 6.23. The lowest BCUT2D eigenvalue weighted by Gasteiger charge is -2.23. The predicted molar refractivity (Wildman–Crippen MR) is 98.3 cm³/mol. The molecule has 5 heteroatoms. The normalized spacial score (nSPS) is 15.2. The van der Waals surface area contributed by atoms with Gasteiger partial charge in [0, 0.05) is 31.3 Å². The summed E-state index contributed by atoms with van der Waals surface area (Å²) in [5.41, 5.74) is 2.03. The van der Waals surface area contributed by atoms with Crippen LogP contribution < -0.4 is 10.6 Å². The molecule has 0 unspecified atom stereocenters. The van der Waals surface area contributed by atoms with Crippen molar-refractivity contribution in [1.82, 2.24) is 9.97 Å². The number of aromatic nitrogens is 2. The summed E-state index contributed by atoms with van der Waals surface area (Å²) in [6.07, 6.45) is 6.38. The van der Waals surface area contributed by atoms with Crippen molar-refractivity contribution in [3.63, 3.8) is 0 Å². The molecule has 0 amide bonds. The number of nitrogens with zero attached hydrogens (tertiary/aromatic N) is 2. The number of rotatable bonds is 7. The number of nitrogens with one attached hydrogen (secondary N) is 2. The Balaban J connectivity index is 1.81. The van der Waals surface area contributed by atoms with E-state index in [1.807, 2.05) is 24.3 Å². The minimum absolute atomic E-state index is 0.518. The third kappa shape index (κ3) is 4.68. The van der Waals surface area contributed by atoms with Crippen LogP contribution in [0.3, 0.4) is 0 Å². The summed E-state index contributed by atoms with van der Waals surface area (Å²) in [4.78, 5) is 9.29. The van der Waals surface area contributed by atoms with Gasteiger partial charge in [-0.2, -0.15) is 4.98 Å². The van der Waals surface area contributed by atoms with Gasteiger partial charge in [0.2, 0.25) is 5.95 Å². The lowest BCUT2D eigenvalue weighted by atomic mass is 9.95. The summed E-state index contributed by atoms with van der Waals surface area (Å²) >= 11 is 0.